The van der Waals surface area contributed by atoms with Crippen molar-refractivity contribution in [3.05, 3.63) is 18.1 Å². The summed E-state index contributed by atoms with van der Waals surface area (Å²) in [6.07, 6.45) is 8.29. The Morgan fingerprint density at radius 2 is 2.10 bits per heavy atom. The van der Waals surface area contributed by atoms with Gasteiger partial charge < -0.3 is 10.4 Å². The summed E-state index contributed by atoms with van der Waals surface area (Å²) in [4.78, 5) is 19.1. The monoisotopic (exact) mass is 274 g/mol. The molecule has 6 nitrogen and oxygen atoms in total. The molecular formula is C14H18N4O2. The van der Waals surface area contributed by atoms with E-state index in [0.29, 0.717) is 12.4 Å². The first kappa shape index (κ1) is 14.3. The fourth-order valence-corrected chi connectivity index (χ4v) is 2.79. The molecule has 1 aromatic heterocycles. The predicted molar refractivity (Wildman–Crippen MR) is 73.0 cm³/mol. The second kappa shape index (κ2) is 6.33. The van der Waals surface area contributed by atoms with Crippen molar-refractivity contribution in [1.29, 1.82) is 5.26 Å². The molecule has 106 valence electrons. The zero-order valence-electron chi connectivity index (χ0n) is 11.3. The highest BCUT2D eigenvalue weighted by Crippen LogP contribution is 2.39. The van der Waals surface area contributed by atoms with E-state index in [4.69, 9.17) is 10.4 Å². The molecule has 1 aliphatic carbocycles. The number of carboxylic acids is 1. The molecule has 0 bridgehead atoms. The smallest absolute Gasteiger partial charge is 0.303 e. The SMILES string of the molecule is N#Cc1cnc(NCC2(CC(=O)O)CCCCC2)cn1. The van der Waals surface area contributed by atoms with Gasteiger partial charge in [0, 0.05) is 6.54 Å². The summed E-state index contributed by atoms with van der Waals surface area (Å²) in [5, 5.41) is 20.9. The van der Waals surface area contributed by atoms with E-state index in [1.807, 2.05) is 6.07 Å². The van der Waals surface area contributed by atoms with Crippen molar-refractivity contribution in [2.45, 2.75) is 38.5 Å². The van der Waals surface area contributed by atoms with Gasteiger partial charge in [0.15, 0.2) is 5.69 Å². The molecule has 2 rings (SSSR count). The number of aliphatic carboxylic acids is 1. The first-order valence-corrected chi connectivity index (χ1v) is 6.81. The second-order valence-electron chi connectivity index (χ2n) is 5.38. The van der Waals surface area contributed by atoms with E-state index in [1.54, 1.807) is 0 Å². The third kappa shape index (κ3) is 3.67. The third-order valence-electron chi connectivity index (χ3n) is 3.85. The minimum absolute atomic E-state index is 0.184. The molecule has 0 amide bonds. The van der Waals surface area contributed by atoms with Crippen LogP contribution in [0.4, 0.5) is 5.82 Å². The molecule has 1 saturated carbocycles. The molecule has 1 heterocycles. The van der Waals surface area contributed by atoms with Crippen LogP contribution in [-0.2, 0) is 4.79 Å². The molecule has 0 aliphatic heterocycles. The van der Waals surface area contributed by atoms with Crippen LogP contribution >= 0.6 is 0 Å². The number of aromatic nitrogens is 2. The number of hydrogen-bond acceptors (Lipinski definition) is 5. The van der Waals surface area contributed by atoms with Crippen molar-refractivity contribution in [1.82, 2.24) is 9.97 Å². The number of carboxylic acid groups (broad SMARTS) is 1. The van der Waals surface area contributed by atoms with Crippen LogP contribution in [0.2, 0.25) is 0 Å². The van der Waals surface area contributed by atoms with Crippen LogP contribution < -0.4 is 5.32 Å². The molecule has 1 aliphatic rings. The highest BCUT2D eigenvalue weighted by atomic mass is 16.4. The summed E-state index contributed by atoms with van der Waals surface area (Å²) < 4.78 is 0. The van der Waals surface area contributed by atoms with Gasteiger partial charge in [-0.2, -0.15) is 5.26 Å². The molecular weight excluding hydrogens is 256 g/mol. The van der Waals surface area contributed by atoms with Crippen LogP contribution in [-0.4, -0.2) is 27.6 Å². The minimum atomic E-state index is -0.750. The van der Waals surface area contributed by atoms with Crippen LogP contribution in [0.3, 0.4) is 0 Å². The fourth-order valence-electron chi connectivity index (χ4n) is 2.79. The van der Waals surface area contributed by atoms with Crippen molar-refractivity contribution in [3.8, 4) is 6.07 Å². The molecule has 1 aromatic rings. The van der Waals surface area contributed by atoms with E-state index in [9.17, 15) is 4.79 Å². The van der Waals surface area contributed by atoms with E-state index in [2.05, 4.69) is 15.3 Å². The van der Waals surface area contributed by atoms with Gasteiger partial charge in [-0.25, -0.2) is 9.97 Å². The highest BCUT2D eigenvalue weighted by Gasteiger charge is 2.34. The maximum Gasteiger partial charge on any atom is 0.303 e. The summed E-state index contributed by atoms with van der Waals surface area (Å²) in [5.74, 6) is -0.168. The minimum Gasteiger partial charge on any atom is -0.481 e. The van der Waals surface area contributed by atoms with Gasteiger partial charge in [-0.1, -0.05) is 19.3 Å². The summed E-state index contributed by atoms with van der Waals surface area (Å²) in [6.45, 7) is 0.583. The van der Waals surface area contributed by atoms with Crippen molar-refractivity contribution < 1.29 is 9.90 Å². The third-order valence-corrected chi connectivity index (χ3v) is 3.85. The average molecular weight is 274 g/mol. The lowest BCUT2D eigenvalue weighted by atomic mass is 9.72. The Balaban J connectivity index is 2.00. The molecule has 2 N–H and O–H groups in total. The van der Waals surface area contributed by atoms with Gasteiger partial charge in [0.05, 0.1) is 18.8 Å². The maximum atomic E-state index is 11.1. The van der Waals surface area contributed by atoms with Crippen LogP contribution in [0.1, 0.15) is 44.2 Å². The first-order valence-electron chi connectivity index (χ1n) is 6.81. The van der Waals surface area contributed by atoms with Gasteiger partial charge in [0.25, 0.3) is 0 Å². The van der Waals surface area contributed by atoms with Crippen LogP contribution in [0.5, 0.6) is 0 Å². The summed E-state index contributed by atoms with van der Waals surface area (Å²) in [7, 11) is 0. The Morgan fingerprint density at radius 1 is 1.35 bits per heavy atom. The van der Waals surface area contributed by atoms with Crippen LogP contribution in [0.15, 0.2) is 12.4 Å². The van der Waals surface area contributed by atoms with E-state index in [0.717, 1.165) is 25.7 Å². The molecule has 20 heavy (non-hydrogen) atoms. The first-order chi connectivity index (χ1) is 9.63. The summed E-state index contributed by atoms with van der Waals surface area (Å²) in [5.41, 5.74) is 0.0769. The van der Waals surface area contributed by atoms with E-state index in [1.165, 1.54) is 18.8 Å². The van der Waals surface area contributed by atoms with E-state index in [-0.39, 0.29) is 17.5 Å². The number of nitrogens with one attached hydrogen (secondary N) is 1. The Kier molecular flexibility index (Phi) is 4.51. The lowest BCUT2D eigenvalue weighted by molar-refractivity contribution is -0.140. The second-order valence-corrected chi connectivity index (χ2v) is 5.38. The number of nitrogens with zero attached hydrogens (tertiary/aromatic N) is 3. The normalized spacial score (nSPS) is 17.1. The van der Waals surface area contributed by atoms with Crippen LogP contribution in [0, 0.1) is 16.7 Å². The largest absolute Gasteiger partial charge is 0.481 e. The zero-order chi connectivity index (χ0) is 14.4. The average Bonchev–Trinajstić information content (AvgIpc) is 2.46. The van der Waals surface area contributed by atoms with Gasteiger partial charge in [-0.15, -0.1) is 0 Å². The van der Waals surface area contributed by atoms with Crippen molar-refractivity contribution in [2.75, 3.05) is 11.9 Å². The number of carbonyl (C=O) groups is 1. The van der Waals surface area contributed by atoms with Gasteiger partial charge >= 0.3 is 5.97 Å². The van der Waals surface area contributed by atoms with Crippen molar-refractivity contribution >= 4 is 11.8 Å². The Bertz CT molecular complexity index is 501. The van der Waals surface area contributed by atoms with Crippen molar-refractivity contribution in [3.63, 3.8) is 0 Å². The van der Waals surface area contributed by atoms with E-state index < -0.39 is 5.97 Å². The zero-order valence-corrected chi connectivity index (χ0v) is 11.3. The predicted octanol–water partition coefficient (Wildman–Crippen LogP) is 2.19. The quantitative estimate of drug-likeness (QED) is 0.853. The molecule has 1 fully saturated rings. The number of hydrogen-bond donors (Lipinski definition) is 2. The fraction of sp³-hybridized carbons (Fsp3) is 0.571. The maximum absolute atomic E-state index is 11.1. The van der Waals surface area contributed by atoms with Crippen LogP contribution in [0.25, 0.3) is 0 Å². The summed E-state index contributed by atoms with van der Waals surface area (Å²) in [6, 6.07) is 1.91. The molecule has 0 atom stereocenters. The molecule has 0 saturated heterocycles. The molecule has 0 unspecified atom stereocenters. The van der Waals surface area contributed by atoms with Gasteiger partial charge in [0.2, 0.25) is 0 Å². The Morgan fingerprint density at radius 3 is 2.65 bits per heavy atom. The number of nitriles is 1. The lowest BCUT2D eigenvalue weighted by Crippen LogP contribution is -2.34. The number of anilines is 1. The van der Waals surface area contributed by atoms with Gasteiger partial charge in [-0.3, -0.25) is 4.79 Å². The van der Waals surface area contributed by atoms with Gasteiger partial charge in [0.1, 0.15) is 11.9 Å². The molecule has 6 heteroatoms. The summed E-state index contributed by atoms with van der Waals surface area (Å²) >= 11 is 0. The molecule has 0 spiro atoms. The van der Waals surface area contributed by atoms with Gasteiger partial charge in [-0.05, 0) is 18.3 Å². The number of rotatable bonds is 5. The Labute approximate surface area is 117 Å². The lowest BCUT2D eigenvalue weighted by Gasteiger charge is -2.36. The standard InChI is InChI=1S/C14H18N4O2/c15-7-11-8-17-12(9-16-11)18-10-14(6-13(19)20)4-2-1-3-5-14/h8-9H,1-6,10H2,(H,17,18)(H,19,20). The topological polar surface area (TPSA) is 98.9 Å². The molecule has 0 radical (unpaired) electrons. The molecule has 0 aromatic carbocycles. The highest BCUT2D eigenvalue weighted by molar-refractivity contribution is 5.67. The Hall–Kier alpha value is -2.16. The van der Waals surface area contributed by atoms with E-state index >= 15 is 0 Å². The van der Waals surface area contributed by atoms with Crippen molar-refractivity contribution in [2.24, 2.45) is 5.41 Å².